The molecule has 0 bridgehead atoms. The number of ether oxygens (including phenoxy) is 1. The fraction of sp³-hybridized carbons (Fsp3) is 0.571. The minimum absolute atomic E-state index is 0.709. The average molecular weight is 254 g/mol. The number of hydrogen-bond acceptors (Lipinski definition) is 2. The van der Waals surface area contributed by atoms with Gasteiger partial charge in [0, 0.05) is 6.04 Å². The molecule has 1 saturated carbocycles. The maximum atomic E-state index is 6.08. The van der Waals surface area contributed by atoms with E-state index in [1.54, 1.807) is 0 Å². The van der Waals surface area contributed by atoms with Gasteiger partial charge in [-0.05, 0) is 56.8 Å². The molecule has 1 fully saturated rings. The van der Waals surface area contributed by atoms with Crippen LogP contribution in [0.4, 0.5) is 0 Å². The summed E-state index contributed by atoms with van der Waals surface area (Å²) in [6.45, 7) is 3.88. The smallest absolute Gasteiger partial charge is 0.137 e. The number of halogens is 1. The van der Waals surface area contributed by atoms with Gasteiger partial charge in [0.1, 0.15) is 5.75 Å². The molecular weight excluding hydrogens is 234 g/mol. The predicted octanol–water partition coefficient (Wildman–Crippen LogP) is 3.56. The number of benzene rings is 1. The number of rotatable bonds is 7. The number of aryl methyl sites for hydroxylation is 1. The fourth-order valence-corrected chi connectivity index (χ4v) is 2.02. The number of unbranched alkanes of at least 4 members (excludes halogenated alkanes) is 1. The van der Waals surface area contributed by atoms with Gasteiger partial charge in [-0.3, -0.25) is 0 Å². The molecule has 0 unspecified atom stereocenters. The van der Waals surface area contributed by atoms with Crippen molar-refractivity contribution in [3.63, 3.8) is 0 Å². The Morgan fingerprint density at radius 2 is 2.18 bits per heavy atom. The Hall–Kier alpha value is -0.730. The van der Waals surface area contributed by atoms with Gasteiger partial charge >= 0.3 is 0 Å². The molecule has 0 aliphatic heterocycles. The standard InChI is InChI=1S/C14H20ClNO/c1-11-4-7-14(13(15)10-11)17-9-3-2-8-16-12-5-6-12/h4,7,10,12,16H,2-3,5-6,8-9H2,1H3. The zero-order chi connectivity index (χ0) is 12.1. The molecule has 2 rings (SSSR count). The van der Waals surface area contributed by atoms with E-state index in [1.807, 2.05) is 25.1 Å². The summed E-state index contributed by atoms with van der Waals surface area (Å²) in [6, 6.07) is 6.71. The van der Waals surface area contributed by atoms with E-state index in [0.717, 1.165) is 36.9 Å². The molecular formula is C14H20ClNO. The summed E-state index contributed by atoms with van der Waals surface area (Å²) >= 11 is 6.08. The van der Waals surface area contributed by atoms with Crippen LogP contribution in [0.5, 0.6) is 5.75 Å². The van der Waals surface area contributed by atoms with Crippen LogP contribution in [-0.4, -0.2) is 19.2 Å². The third-order valence-corrected chi connectivity index (χ3v) is 3.22. The van der Waals surface area contributed by atoms with Gasteiger partial charge in [-0.1, -0.05) is 17.7 Å². The topological polar surface area (TPSA) is 21.3 Å². The molecule has 17 heavy (non-hydrogen) atoms. The SMILES string of the molecule is Cc1ccc(OCCCCNC2CC2)c(Cl)c1. The van der Waals surface area contributed by atoms with Gasteiger partial charge in [0.2, 0.25) is 0 Å². The van der Waals surface area contributed by atoms with Gasteiger partial charge in [-0.2, -0.15) is 0 Å². The first-order chi connectivity index (χ1) is 8.25. The lowest BCUT2D eigenvalue weighted by molar-refractivity contribution is 0.306. The Morgan fingerprint density at radius 3 is 2.88 bits per heavy atom. The highest BCUT2D eigenvalue weighted by atomic mass is 35.5. The molecule has 0 radical (unpaired) electrons. The molecule has 1 aliphatic rings. The molecule has 0 spiro atoms. The second-order valence-electron chi connectivity index (χ2n) is 4.72. The highest BCUT2D eigenvalue weighted by Gasteiger charge is 2.19. The van der Waals surface area contributed by atoms with Gasteiger partial charge in [-0.15, -0.1) is 0 Å². The van der Waals surface area contributed by atoms with Crippen molar-refractivity contribution < 1.29 is 4.74 Å². The Labute approximate surface area is 108 Å². The van der Waals surface area contributed by atoms with Crippen LogP contribution in [-0.2, 0) is 0 Å². The number of hydrogen-bond donors (Lipinski definition) is 1. The largest absolute Gasteiger partial charge is 0.492 e. The molecule has 0 amide bonds. The van der Waals surface area contributed by atoms with E-state index >= 15 is 0 Å². The Balaban J connectivity index is 1.60. The van der Waals surface area contributed by atoms with Crippen LogP contribution < -0.4 is 10.1 Å². The minimum Gasteiger partial charge on any atom is -0.492 e. The summed E-state index contributed by atoms with van der Waals surface area (Å²) in [5.41, 5.74) is 1.16. The van der Waals surface area contributed by atoms with Crippen LogP contribution in [0.25, 0.3) is 0 Å². The molecule has 3 heteroatoms. The molecule has 1 aliphatic carbocycles. The first-order valence-electron chi connectivity index (χ1n) is 6.38. The first kappa shape index (κ1) is 12.7. The van der Waals surface area contributed by atoms with E-state index in [1.165, 1.54) is 19.3 Å². The van der Waals surface area contributed by atoms with Crippen LogP contribution in [0.3, 0.4) is 0 Å². The summed E-state index contributed by atoms with van der Waals surface area (Å²) < 4.78 is 5.65. The van der Waals surface area contributed by atoms with Crippen LogP contribution in [0, 0.1) is 6.92 Å². The Kier molecular flexibility index (Phi) is 4.69. The predicted molar refractivity (Wildman–Crippen MR) is 71.9 cm³/mol. The van der Waals surface area contributed by atoms with Crippen molar-refractivity contribution >= 4 is 11.6 Å². The molecule has 94 valence electrons. The third kappa shape index (κ3) is 4.57. The van der Waals surface area contributed by atoms with E-state index in [9.17, 15) is 0 Å². The van der Waals surface area contributed by atoms with Crippen molar-refractivity contribution in [3.8, 4) is 5.75 Å². The maximum Gasteiger partial charge on any atom is 0.137 e. The summed E-state index contributed by atoms with van der Waals surface area (Å²) in [4.78, 5) is 0. The molecule has 2 nitrogen and oxygen atoms in total. The van der Waals surface area contributed by atoms with Crippen molar-refractivity contribution in [1.29, 1.82) is 0 Å². The van der Waals surface area contributed by atoms with Crippen LogP contribution >= 0.6 is 11.6 Å². The van der Waals surface area contributed by atoms with Crippen LogP contribution in [0.1, 0.15) is 31.2 Å². The molecule has 1 aromatic rings. The molecule has 1 aromatic carbocycles. The van der Waals surface area contributed by atoms with Gasteiger partial charge in [0.25, 0.3) is 0 Å². The lowest BCUT2D eigenvalue weighted by atomic mass is 10.2. The second kappa shape index (κ2) is 6.27. The molecule has 0 heterocycles. The van der Waals surface area contributed by atoms with Gasteiger partial charge in [0.15, 0.2) is 0 Å². The van der Waals surface area contributed by atoms with Gasteiger partial charge < -0.3 is 10.1 Å². The average Bonchev–Trinajstić information content (AvgIpc) is 3.09. The zero-order valence-electron chi connectivity index (χ0n) is 10.3. The van der Waals surface area contributed by atoms with E-state index in [2.05, 4.69) is 5.32 Å². The van der Waals surface area contributed by atoms with Crippen molar-refractivity contribution in [2.24, 2.45) is 0 Å². The quantitative estimate of drug-likeness (QED) is 0.751. The molecule has 0 saturated heterocycles. The van der Waals surface area contributed by atoms with Crippen molar-refractivity contribution in [2.45, 2.75) is 38.6 Å². The molecule has 0 aromatic heterocycles. The minimum atomic E-state index is 0.709. The van der Waals surface area contributed by atoms with Gasteiger partial charge in [-0.25, -0.2) is 0 Å². The summed E-state index contributed by atoms with van der Waals surface area (Å²) in [5, 5.41) is 4.20. The normalized spacial score (nSPS) is 14.9. The Bertz CT molecular complexity index is 363. The van der Waals surface area contributed by atoms with E-state index in [4.69, 9.17) is 16.3 Å². The summed E-state index contributed by atoms with van der Waals surface area (Å²) in [7, 11) is 0. The third-order valence-electron chi connectivity index (χ3n) is 2.93. The van der Waals surface area contributed by atoms with E-state index in [0.29, 0.717) is 5.02 Å². The fourth-order valence-electron chi connectivity index (χ4n) is 1.73. The summed E-state index contributed by atoms with van der Waals surface area (Å²) in [5.74, 6) is 0.799. The monoisotopic (exact) mass is 253 g/mol. The first-order valence-corrected chi connectivity index (χ1v) is 6.76. The van der Waals surface area contributed by atoms with Crippen LogP contribution in [0.15, 0.2) is 18.2 Å². The molecule has 1 N–H and O–H groups in total. The summed E-state index contributed by atoms with van der Waals surface area (Å²) in [6.07, 6.45) is 4.95. The van der Waals surface area contributed by atoms with Crippen LogP contribution in [0.2, 0.25) is 5.02 Å². The highest BCUT2D eigenvalue weighted by molar-refractivity contribution is 6.32. The molecule has 0 atom stereocenters. The van der Waals surface area contributed by atoms with Gasteiger partial charge in [0.05, 0.1) is 11.6 Å². The number of nitrogens with one attached hydrogen (secondary N) is 1. The lowest BCUT2D eigenvalue weighted by Crippen LogP contribution is -2.17. The van der Waals surface area contributed by atoms with Crippen molar-refractivity contribution in [1.82, 2.24) is 5.32 Å². The highest BCUT2D eigenvalue weighted by Crippen LogP contribution is 2.25. The maximum absolute atomic E-state index is 6.08. The zero-order valence-corrected chi connectivity index (χ0v) is 11.1. The lowest BCUT2D eigenvalue weighted by Gasteiger charge is -2.08. The van der Waals surface area contributed by atoms with Crippen molar-refractivity contribution in [2.75, 3.05) is 13.2 Å². The Morgan fingerprint density at radius 1 is 1.35 bits per heavy atom. The van der Waals surface area contributed by atoms with E-state index < -0.39 is 0 Å². The second-order valence-corrected chi connectivity index (χ2v) is 5.13. The van der Waals surface area contributed by atoms with E-state index in [-0.39, 0.29) is 0 Å². The van der Waals surface area contributed by atoms with Crippen molar-refractivity contribution in [3.05, 3.63) is 28.8 Å².